The second-order valence-electron chi connectivity index (χ2n) is 7.52. The second kappa shape index (κ2) is 7.17. The van der Waals surface area contributed by atoms with Crippen LogP contribution in [0.25, 0.3) is 0 Å². The van der Waals surface area contributed by atoms with Gasteiger partial charge in [0.1, 0.15) is 17.7 Å². The monoisotopic (exact) mass is 368 g/mol. The van der Waals surface area contributed by atoms with Gasteiger partial charge in [0.05, 0.1) is 30.0 Å². The molecule has 0 amide bonds. The lowest BCUT2D eigenvalue weighted by atomic mass is 9.77. The molecule has 1 fully saturated rings. The first-order valence-corrected chi connectivity index (χ1v) is 8.51. The Labute approximate surface area is 153 Å². The zero-order valence-electron chi connectivity index (χ0n) is 16.3. The topological polar surface area (TPSA) is 74.2 Å². The molecular formula is C18H26BFO6. The summed E-state index contributed by atoms with van der Waals surface area (Å²) in [6.45, 7) is 10.6. The summed E-state index contributed by atoms with van der Waals surface area (Å²) in [6.07, 6.45) is -1.31. The molecule has 1 N–H and O–H groups in total. The summed E-state index contributed by atoms with van der Waals surface area (Å²) in [5, 5.41) is 9.64. The van der Waals surface area contributed by atoms with E-state index in [4.69, 9.17) is 14.0 Å². The fourth-order valence-electron chi connectivity index (χ4n) is 2.40. The van der Waals surface area contributed by atoms with Gasteiger partial charge in [0.2, 0.25) is 0 Å². The third-order valence-corrected chi connectivity index (χ3v) is 4.99. The minimum atomic E-state index is -1.01. The van der Waals surface area contributed by atoms with E-state index < -0.39 is 42.3 Å². The molecule has 0 spiro atoms. The number of carbonyl (C=O) groups excluding carboxylic acids is 1. The maximum absolute atomic E-state index is 15.0. The van der Waals surface area contributed by atoms with Crippen LogP contribution in [0.3, 0.4) is 0 Å². The van der Waals surface area contributed by atoms with Gasteiger partial charge in [-0.1, -0.05) is 0 Å². The van der Waals surface area contributed by atoms with E-state index >= 15 is 0 Å². The Bertz CT molecular complexity index is 673. The predicted molar refractivity (Wildman–Crippen MR) is 95.2 cm³/mol. The van der Waals surface area contributed by atoms with E-state index in [1.165, 1.54) is 19.2 Å². The molecule has 0 saturated carbocycles. The Morgan fingerprint density at radius 3 is 2.19 bits per heavy atom. The minimum absolute atomic E-state index is 0.0411. The van der Waals surface area contributed by atoms with Gasteiger partial charge in [0.25, 0.3) is 0 Å². The Balaban J connectivity index is 2.49. The molecule has 2 atom stereocenters. The first-order chi connectivity index (χ1) is 11.9. The van der Waals surface area contributed by atoms with Crippen molar-refractivity contribution in [1.29, 1.82) is 0 Å². The summed E-state index contributed by atoms with van der Waals surface area (Å²) in [4.78, 5) is 12.0. The van der Waals surface area contributed by atoms with Crippen LogP contribution in [0.2, 0.25) is 0 Å². The number of rotatable bonds is 5. The van der Waals surface area contributed by atoms with Crippen molar-refractivity contribution in [3.63, 3.8) is 0 Å². The first kappa shape index (κ1) is 20.7. The maximum Gasteiger partial charge on any atom is 0.498 e. The molecule has 1 aromatic rings. The van der Waals surface area contributed by atoms with Crippen molar-refractivity contribution in [2.45, 2.75) is 65.0 Å². The zero-order valence-corrected chi connectivity index (χ0v) is 16.3. The number of aliphatic hydroxyl groups is 1. The van der Waals surface area contributed by atoms with Crippen molar-refractivity contribution in [3.8, 4) is 5.75 Å². The molecule has 1 saturated heterocycles. The van der Waals surface area contributed by atoms with E-state index in [2.05, 4.69) is 4.74 Å². The van der Waals surface area contributed by atoms with Crippen molar-refractivity contribution in [3.05, 3.63) is 23.5 Å². The number of aliphatic hydroxyl groups excluding tert-OH is 1. The predicted octanol–water partition coefficient (Wildman–Crippen LogP) is 2.06. The van der Waals surface area contributed by atoms with Crippen molar-refractivity contribution < 1.29 is 33.1 Å². The van der Waals surface area contributed by atoms with Gasteiger partial charge in [-0.25, -0.2) is 9.18 Å². The summed E-state index contributed by atoms with van der Waals surface area (Å²) in [7, 11) is 0.163. The average molecular weight is 368 g/mol. The summed E-state index contributed by atoms with van der Waals surface area (Å²) >= 11 is 0. The number of hydrogen-bond acceptors (Lipinski definition) is 6. The number of halogens is 1. The van der Waals surface area contributed by atoms with E-state index in [0.29, 0.717) is 0 Å². The normalized spacial score (nSPS) is 20.6. The molecule has 0 aromatic heterocycles. The van der Waals surface area contributed by atoms with E-state index in [0.717, 1.165) is 0 Å². The molecule has 1 heterocycles. The summed E-state index contributed by atoms with van der Waals surface area (Å²) in [6, 6.07) is 2.66. The van der Waals surface area contributed by atoms with Gasteiger partial charge in [-0.05, 0) is 53.7 Å². The summed E-state index contributed by atoms with van der Waals surface area (Å²) < 4.78 is 37.0. The molecule has 1 aliphatic rings. The average Bonchev–Trinajstić information content (AvgIpc) is 2.75. The molecule has 0 radical (unpaired) electrons. The SMILES string of the molecule is COC(=O)c1cc(O[C@@H](C)[C@@H](C)O)cc(B2OC(C)(C)C(C)(C)O2)c1F. The molecule has 0 bridgehead atoms. The van der Waals surface area contributed by atoms with E-state index in [9.17, 15) is 14.3 Å². The highest BCUT2D eigenvalue weighted by Crippen LogP contribution is 2.37. The lowest BCUT2D eigenvalue weighted by molar-refractivity contribution is 0.00578. The van der Waals surface area contributed by atoms with Crippen LogP contribution in [0.1, 0.15) is 51.9 Å². The Kier molecular flexibility index (Phi) is 5.70. The molecule has 1 aromatic carbocycles. The van der Waals surface area contributed by atoms with E-state index in [1.807, 2.05) is 27.7 Å². The minimum Gasteiger partial charge on any atom is -0.488 e. The molecule has 0 unspecified atom stereocenters. The van der Waals surface area contributed by atoms with Crippen LogP contribution < -0.4 is 10.2 Å². The standard InChI is InChI=1S/C18H26BFO6/c1-10(21)11(2)24-12-8-13(16(22)23-7)15(20)14(9-12)19-25-17(3,4)18(5,6)26-19/h8-11,21H,1-7H3/t10-,11+/m1/s1. The maximum atomic E-state index is 15.0. The van der Waals surface area contributed by atoms with Crippen LogP contribution in [0.5, 0.6) is 5.75 Å². The zero-order chi connectivity index (χ0) is 19.9. The Hall–Kier alpha value is -1.64. The van der Waals surface area contributed by atoms with Gasteiger partial charge in [0, 0.05) is 5.46 Å². The first-order valence-electron chi connectivity index (χ1n) is 8.51. The van der Waals surface area contributed by atoms with Crippen molar-refractivity contribution in [1.82, 2.24) is 0 Å². The molecule has 26 heavy (non-hydrogen) atoms. The van der Waals surface area contributed by atoms with Crippen LogP contribution in [-0.2, 0) is 14.0 Å². The van der Waals surface area contributed by atoms with Gasteiger partial charge < -0.3 is 23.9 Å². The summed E-state index contributed by atoms with van der Waals surface area (Å²) in [5.74, 6) is -1.41. The number of benzene rings is 1. The van der Waals surface area contributed by atoms with E-state index in [-0.39, 0.29) is 16.8 Å². The van der Waals surface area contributed by atoms with Crippen LogP contribution in [-0.4, -0.2) is 48.7 Å². The fourth-order valence-corrected chi connectivity index (χ4v) is 2.40. The molecule has 1 aliphatic heterocycles. The third-order valence-electron chi connectivity index (χ3n) is 4.99. The van der Waals surface area contributed by atoms with Crippen molar-refractivity contribution >= 4 is 18.6 Å². The molecular weight excluding hydrogens is 342 g/mol. The van der Waals surface area contributed by atoms with Gasteiger partial charge in [-0.3, -0.25) is 0 Å². The number of esters is 1. The fraction of sp³-hybridized carbons (Fsp3) is 0.611. The molecule has 6 nitrogen and oxygen atoms in total. The van der Waals surface area contributed by atoms with Crippen LogP contribution in [0.15, 0.2) is 12.1 Å². The number of methoxy groups -OCH3 is 1. The molecule has 8 heteroatoms. The molecule has 0 aliphatic carbocycles. The van der Waals surface area contributed by atoms with Gasteiger partial charge in [-0.2, -0.15) is 0 Å². The lowest BCUT2D eigenvalue weighted by Gasteiger charge is -2.32. The van der Waals surface area contributed by atoms with Crippen molar-refractivity contribution in [2.75, 3.05) is 7.11 Å². The Morgan fingerprint density at radius 1 is 1.19 bits per heavy atom. The largest absolute Gasteiger partial charge is 0.498 e. The van der Waals surface area contributed by atoms with Gasteiger partial charge >= 0.3 is 13.1 Å². The van der Waals surface area contributed by atoms with Crippen LogP contribution in [0.4, 0.5) is 4.39 Å². The highest BCUT2D eigenvalue weighted by molar-refractivity contribution is 6.62. The number of hydrogen-bond donors (Lipinski definition) is 1. The number of ether oxygens (including phenoxy) is 2. The highest BCUT2D eigenvalue weighted by atomic mass is 19.1. The van der Waals surface area contributed by atoms with E-state index in [1.54, 1.807) is 13.8 Å². The second-order valence-corrected chi connectivity index (χ2v) is 7.52. The van der Waals surface area contributed by atoms with Gasteiger partial charge in [-0.15, -0.1) is 0 Å². The third kappa shape index (κ3) is 3.87. The number of carbonyl (C=O) groups is 1. The summed E-state index contributed by atoms with van der Waals surface area (Å²) in [5.41, 5.74) is -1.58. The smallest absolute Gasteiger partial charge is 0.488 e. The van der Waals surface area contributed by atoms with Gasteiger partial charge in [0.15, 0.2) is 0 Å². The quantitative estimate of drug-likeness (QED) is 0.634. The van der Waals surface area contributed by atoms with Crippen LogP contribution >= 0.6 is 0 Å². The van der Waals surface area contributed by atoms with Crippen molar-refractivity contribution in [2.24, 2.45) is 0 Å². The highest BCUT2D eigenvalue weighted by Gasteiger charge is 2.52. The lowest BCUT2D eigenvalue weighted by Crippen LogP contribution is -2.41. The van der Waals surface area contributed by atoms with Crippen LogP contribution in [0, 0.1) is 5.82 Å². The Morgan fingerprint density at radius 2 is 1.73 bits per heavy atom. The molecule has 2 rings (SSSR count). The molecule has 144 valence electrons.